The molecule has 4 amide bonds. The zero-order valence-corrected chi connectivity index (χ0v) is 26.3. The number of rotatable bonds is 8. The zero-order chi connectivity index (χ0) is 31.4. The molecular formula is C33H36BrN5O5. The highest BCUT2D eigenvalue weighted by Gasteiger charge is 2.54. The normalized spacial score (nSPS) is 17.3. The van der Waals surface area contributed by atoms with E-state index in [1.54, 1.807) is 36.9 Å². The number of likely N-dealkylation sites (tertiary alicyclic amines) is 1. The summed E-state index contributed by atoms with van der Waals surface area (Å²) in [6.07, 6.45) is 0.850. The molecule has 2 atom stereocenters. The number of urea groups is 1. The van der Waals surface area contributed by atoms with E-state index in [9.17, 15) is 24.3 Å². The van der Waals surface area contributed by atoms with Gasteiger partial charge in [0.15, 0.2) is 0 Å². The third kappa shape index (κ3) is 6.28. The number of nitrogens with zero attached hydrogens (tertiary/aromatic N) is 3. The number of carboxylic acid groups (broad SMARTS) is 1. The Labute approximate surface area is 265 Å². The minimum atomic E-state index is -1.36. The highest BCUT2D eigenvalue weighted by molar-refractivity contribution is 9.10. The number of halogens is 1. The first-order valence-corrected chi connectivity index (χ1v) is 15.4. The molecule has 2 aliphatic rings. The van der Waals surface area contributed by atoms with E-state index in [2.05, 4.69) is 31.5 Å². The van der Waals surface area contributed by atoms with Gasteiger partial charge in [0.1, 0.15) is 11.6 Å². The summed E-state index contributed by atoms with van der Waals surface area (Å²) in [6.45, 7) is 4.87. The molecule has 2 aliphatic heterocycles. The van der Waals surface area contributed by atoms with Crippen LogP contribution in [-0.2, 0) is 16.1 Å². The van der Waals surface area contributed by atoms with Crippen molar-refractivity contribution in [2.24, 2.45) is 0 Å². The number of carboxylic acids is 1. The van der Waals surface area contributed by atoms with Gasteiger partial charge in [-0.1, -0.05) is 60.7 Å². The van der Waals surface area contributed by atoms with Crippen LogP contribution in [0.25, 0.3) is 0 Å². The maximum absolute atomic E-state index is 14.0. The van der Waals surface area contributed by atoms with E-state index in [0.29, 0.717) is 54.7 Å². The van der Waals surface area contributed by atoms with Crippen molar-refractivity contribution in [3.63, 3.8) is 0 Å². The smallest absolute Gasteiger partial charge is 0.328 e. The van der Waals surface area contributed by atoms with Crippen molar-refractivity contribution in [3.8, 4) is 0 Å². The third-order valence-corrected chi connectivity index (χ3v) is 9.19. The number of piperidine rings is 1. The molecule has 0 aromatic heterocycles. The van der Waals surface area contributed by atoms with Gasteiger partial charge in [-0.3, -0.25) is 9.59 Å². The van der Waals surface area contributed by atoms with Crippen molar-refractivity contribution in [1.82, 2.24) is 20.4 Å². The lowest BCUT2D eigenvalue weighted by Gasteiger charge is -2.43. The van der Waals surface area contributed by atoms with Gasteiger partial charge >= 0.3 is 12.0 Å². The molecule has 0 aliphatic carbocycles. The van der Waals surface area contributed by atoms with Crippen LogP contribution in [0.2, 0.25) is 0 Å². The molecular weight excluding hydrogens is 626 g/mol. The Morgan fingerprint density at radius 1 is 0.932 bits per heavy atom. The van der Waals surface area contributed by atoms with E-state index in [-0.39, 0.29) is 5.91 Å². The molecule has 2 fully saturated rings. The summed E-state index contributed by atoms with van der Waals surface area (Å²) in [6, 6.07) is 22.3. The predicted molar refractivity (Wildman–Crippen MR) is 170 cm³/mol. The summed E-state index contributed by atoms with van der Waals surface area (Å²) in [5.74, 6) is -1.78. The van der Waals surface area contributed by atoms with Crippen LogP contribution < -0.4 is 15.5 Å². The van der Waals surface area contributed by atoms with E-state index in [1.165, 1.54) is 0 Å². The fourth-order valence-corrected chi connectivity index (χ4v) is 6.75. The molecule has 44 heavy (non-hydrogen) atoms. The van der Waals surface area contributed by atoms with Crippen LogP contribution in [0.5, 0.6) is 0 Å². The molecule has 1 spiro atoms. The summed E-state index contributed by atoms with van der Waals surface area (Å²) in [7, 11) is 0. The van der Waals surface area contributed by atoms with Crippen LogP contribution in [0.4, 0.5) is 10.5 Å². The van der Waals surface area contributed by atoms with Crippen molar-refractivity contribution in [2.75, 3.05) is 24.7 Å². The number of aryl methyl sites for hydroxylation is 1. The van der Waals surface area contributed by atoms with E-state index in [1.807, 2.05) is 65.6 Å². The third-order valence-electron chi connectivity index (χ3n) is 8.53. The fourth-order valence-electron chi connectivity index (χ4n) is 6.11. The maximum Gasteiger partial charge on any atom is 0.328 e. The first-order valence-electron chi connectivity index (χ1n) is 14.6. The maximum atomic E-state index is 14.0. The number of amides is 4. The van der Waals surface area contributed by atoms with Crippen LogP contribution in [0.1, 0.15) is 41.3 Å². The lowest BCUT2D eigenvalue weighted by atomic mass is 9.85. The Morgan fingerprint density at radius 3 is 2.18 bits per heavy atom. The van der Waals surface area contributed by atoms with E-state index in [4.69, 9.17) is 0 Å². The molecule has 11 heteroatoms. The summed E-state index contributed by atoms with van der Waals surface area (Å²) < 4.78 is 0.548. The van der Waals surface area contributed by atoms with Gasteiger partial charge in [0.2, 0.25) is 5.91 Å². The van der Waals surface area contributed by atoms with Crippen LogP contribution in [0.3, 0.4) is 0 Å². The van der Waals surface area contributed by atoms with Gasteiger partial charge < -0.3 is 30.4 Å². The van der Waals surface area contributed by atoms with Crippen molar-refractivity contribution < 1.29 is 24.3 Å². The Morgan fingerprint density at radius 2 is 1.57 bits per heavy atom. The molecule has 3 aromatic carbocycles. The molecule has 5 rings (SSSR count). The SMILES string of the molecule is Cc1cccc(Br)c1C(=O)NC(C(=O)O)C(C)NC(=O)N1CCC2(CC1)C(=O)N(Cc1ccccc1)CN2c1ccccc1. The summed E-state index contributed by atoms with van der Waals surface area (Å²) >= 11 is 3.36. The molecule has 3 N–H and O–H groups in total. The fraction of sp³-hybridized carbons (Fsp3) is 0.333. The van der Waals surface area contributed by atoms with Crippen LogP contribution >= 0.6 is 15.9 Å². The second kappa shape index (κ2) is 13.1. The minimum Gasteiger partial charge on any atom is -0.480 e. The first-order chi connectivity index (χ1) is 21.1. The van der Waals surface area contributed by atoms with Gasteiger partial charge in [0, 0.05) is 29.8 Å². The topological polar surface area (TPSA) is 122 Å². The van der Waals surface area contributed by atoms with Crippen molar-refractivity contribution in [3.05, 3.63) is 100 Å². The first kappa shape index (κ1) is 31.1. The number of aliphatic carboxylic acids is 1. The summed E-state index contributed by atoms with van der Waals surface area (Å²) in [5, 5.41) is 15.2. The number of nitrogens with one attached hydrogen (secondary N) is 2. The summed E-state index contributed by atoms with van der Waals surface area (Å²) in [4.78, 5) is 58.1. The minimum absolute atomic E-state index is 0.0367. The van der Waals surface area contributed by atoms with Gasteiger partial charge in [-0.25, -0.2) is 9.59 Å². The van der Waals surface area contributed by atoms with Crippen LogP contribution in [0.15, 0.2) is 83.3 Å². The van der Waals surface area contributed by atoms with Gasteiger partial charge in [0.05, 0.1) is 18.3 Å². The van der Waals surface area contributed by atoms with Gasteiger partial charge in [-0.2, -0.15) is 0 Å². The number of carbonyl (C=O) groups is 4. The Hall–Kier alpha value is -4.38. The molecule has 0 radical (unpaired) electrons. The molecule has 0 saturated carbocycles. The standard InChI is InChI=1S/C33H36BrN5O5/c1-22-10-9-15-26(34)27(22)29(40)36-28(30(41)42)23(2)35-32(44)37-18-16-33(17-19-37)31(43)38(20-24-11-5-3-6-12-24)21-39(33)25-13-7-4-8-14-25/h3-15,23,28H,16-21H2,1-2H3,(H,35,44)(H,36,40)(H,41,42). The van der Waals surface area contributed by atoms with Gasteiger partial charge in [-0.15, -0.1) is 0 Å². The number of anilines is 1. The van der Waals surface area contributed by atoms with Crippen LogP contribution in [-0.4, -0.2) is 76.1 Å². The molecule has 2 saturated heterocycles. The predicted octanol–water partition coefficient (Wildman–Crippen LogP) is 4.38. The largest absolute Gasteiger partial charge is 0.480 e. The Balaban J connectivity index is 1.26. The molecule has 0 bridgehead atoms. The Bertz CT molecular complexity index is 1510. The molecule has 2 heterocycles. The van der Waals surface area contributed by atoms with Crippen LogP contribution in [0, 0.1) is 6.92 Å². The highest BCUT2D eigenvalue weighted by atomic mass is 79.9. The lowest BCUT2D eigenvalue weighted by Crippen LogP contribution is -2.60. The van der Waals surface area contributed by atoms with E-state index >= 15 is 0 Å². The molecule has 2 unspecified atom stereocenters. The number of benzene rings is 3. The van der Waals surface area contributed by atoms with E-state index < -0.39 is 35.5 Å². The number of para-hydroxylation sites is 1. The number of hydrogen-bond donors (Lipinski definition) is 3. The average molecular weight is 663 g/mol. The van der Waals surface area contributed by atoms with Crippen molar-refractivity contribution in [2.45, 2.75) is 50.9 Å². The summed E-state index contributed by atoms with van der Waals surface area (Å²) in [5.41, 5.74) is 2.23. The van der Waals surface area contributed by atoms with E-state index in [0.717, 1.165) is 11.3 Å². The highest BCUT2D eigenvalue weighted by Crippen LogP contribution is 2.40. The van der Waals surface area contributed by atoms with Gasteiger partial charge in [0.25, 0.3) is 5.91 Å². The Kier molecular flexibility index (Phi) is 9.24. The lowest BCUT2D eigenvalue weighted by molar-refractivity contribution is -0.140. The quantitative estimate of drug-likeness (QED) is 0.329. The second-order valence-corrected chi connectivity index (χ2v) is 12.2. The molecule has 230 valence electrons. The monoisotopic (exact) mass is 661 g/mol. The second-order valence-electron chi connectivity index (χ2n) is 11.4. The number of hydrogen-bond acceptors (Lipinski definition) is 5. The average Bonchev–Trinajstić information content (AvgIpc) is 3.27. The number of carbonyl (C=O) groups excluding carboxylic acids is 3. The zero-order valence-electron chi connectivity index (χ0n) is 24.7. The van der Waals surface area contributed by atoms with Gasteiger partial charge in [-0.05, 0) is 71.9 Å². The molecule has 3 aromatic rings. The van der Waals surface area contributed by atoms with Crippen molar-refractivity contribution in [1.29, 1.82) is 0 Å². The molecule has 10 nitrogen and oxygen atoms in total. The van der Waals surface area contributed by atoms with Crippen molar-refractivity contribution >= 4 is 45.4 Å².